The Morgan fingerprint density at radius 3 is 1.68 bits per heavy atom. The van der Waals surface area contributed by atoms with Crippen LogP contribution in [0.25, 0.3) is 0 Å². The second-order valence-electron chi connectivity index (χ2n) is 6.01. The third-order valence-corrected chi connectivity index (χ3v) is 9.01. The highest BCUT2D eigenvalue weighted by Gasteiger charge is 2.38. The summed E-state index contributed by atoms with van der Waals surface area (Å²) in [6, 6.07) is 12.5. The second-order valence-corrected chi connectivity index (χ2v) is 11.1. The average molecular weight is 522 g/mol. The number of hydrogen-bond acceptors (Lipinski definition) is 6. The van der Waals surface area contributed by atoms with Crippen LogP contribution in [0.15, 0.2) is 76.5 Å². The van der Waals surface area contributed by atoms with Gasteiger partial charge in [-0.2, -0.15) is 3.71 Å². The highest BCUT2D eigenvalue weighted by molar-refractivity contribution is 8.10. The van der Waals surface area contributed by atoms with Gasteiger partial charge in [0.25, 0.3) is 25.7 Å². The quantitative estimate of drug-likeness (QED) is 0.328. The van der Waals surface area contributed by atoms with Crippen molar-refractivity contribution in [2.24, 2.45) is 0 Å². The maximum Gasteiger partial charge on any atom is 0.289 e. The van der Waals surface area contributed by atoms with Crippen LogP contribution in [0.2, 0.25) is 15.1 Å². The Morgan fingerprint density at radius 2 is 1.16 bits per heavy atom. The zero-order valence-corrected chi connectivity index (χ0v) is 19.0. The molecule has 0 N–H and O–H groups in total. The Bertz CT molecular complexity index is 1360. The summed E-state index contributed by atoms with van der Waals surface area (Å²) in [4.78, 5) is 9.32. The molecule has 3 aromatic rings. The summed E-state index contributed by atoms with van der Waals surface area (Å²) in [7, 11) is -9.54. The van der Waals surface area contributed by atoms with Crippen molar-refractivity contribution in [3.63, 3.8) is 0 Å². The lowest BCUT2D eigenvalue weighted by Gasteiger charge is -2.24. The van der Waals surface area contributed by atoms with Crippen LogP contribution in [0.3, 0.4) is 0 Å². The highest BCUT2D eigenvalue weighted by Crippen LogP contribution is 2.34. The van der Waals surface area contributed by atoms with Crippen LogP contribution in [-0.2, 0) is 20.0 Å². The summed E-state index contributed by atoms with van der Waals surface area (Å²) < 4.78 is 53.7. The van der Waals surface area contributed by atoms with Crippen molar-refractivity contribution in [3.05, 3.63) is 91.9 Å². The van der Waals surface area contributed by atoms with Gasteiger partial charge < -0.3 is 0 Å². The van der Waals surface area contributed by atoms with Crippen molar-refractivity contribution in [1.29, 1.82) is 0 Å². The molecular formula is C18H11Cl3N2O6S2. The third-order valence-electron chi connectivity index (χ3n) is 4.00. The molecule has 3 rings (SSSR count). The van der Waals surface area contributed by atoms with Gasteiger partial charge in [0.15, 0.2) is 0 Å². The van der Waals surface area contributed by atoms with Crippen LogP contribution in [0.5, 0.6) is 0 Å². The predicted molar refractivity (Wildman–Crippen MR) is 118 cm³/mol. The van der Waals surface area contributed by atoms with Gasteiger partial charge in [-0.25, -0.2) is 16.8 Å². The Hall–Kier alpha value is -2.37. The number of rotatable bonds is 6. The van der Waals surface area contributed by atoms with E-state index < -0.39 is 35.6 Å². The molecule has 162 valence electrons. The minimum absolute atomic E-state index is 0.173. The molecular weight excluding hydrogens is 511 g/mol. The number of nitrogens with zero attached hydrogens (tertiary/aromatic N) is 2. The Labute approximate surface area is 192 Å². The van der Waals surface area contributed by atoms with E-state index in [0.29, 0.717) is 6.07 Å². The van der Waals surface area contributed by atoms with E-state index in [0.717, 1.165) is 24.3 Å². The lowest BCUT2D eigenvalue weighted by atomic mass is 10.3. The molecule has 0 aromatic heterocycles. The molecule has 3 aromatic carbocycles. The molecule has 0 aliphatic carbocycles. The Kier molecular flexibility index (Phi) is 6.49. The predicted octanol–water partition coefficient (Wildman–Crippen LogP) is 5.14. The molecule has 0 saturated carbocycles. The van der Waals surface area contributed by atoms with Gasteiger partial charge in [0.2, 0.25) is 0 Å². The summed E-state index contributed by atoms with van der Waals surface area (Å²) in [6.45, 7) is 0. The van der Waals surface area contributed by atoms with Gasteiger partial charge in [0.05, 0.1) is 20.4 Å². The summed E-state index contributed by atoms with van der Waals surface area (Å²) in [5, 5.41) is 11.4. The fraction of sp³-hybridized carbons (Fsp3) is 0. The van der Waals surface area contributed by atoms with E-state index in [1.165, 1.54) is 36.4 Å². The average Bonchev–Trinajstić information content (AvgIpc) is 2.69. The molecule has 31 heavy (non-hydrogen) atoms. The SMILES string of the molecule is O=[N+]([O-])c1cc(S(=O)(=O)N(c2ccc(Cl)cc2)S(=O)(=O)c2ccc(Cl)cc2)ccc1Cl. The molecule has 0 aliphatic heterocycles. The standard InChI is InChI=1S/C18H11Cl3N2O6S2/c19-12-1-5-14(6-2-12)23(30(26,27)15-7-3-13(20)4-8-15)31(28,29)16-9-10-17(21)18(11-16)22(24)25/h1-11H. The van der Waals surface area contributed by atoms with Gasteiger partial charge in [0, 0.05) is 16.1 Å². The molecule has 0 bridgehead atoms. The number of hydrogen-bond donors (Lipinski definition) is 0. The van der Waals surface area contributed by atoms with Crippen molar-refractivity contribution in [2.75, 3.05) is 3.71 Å². The molecule has 0 heterocycles. The molecule has 0 aliphatic rings. The monoisotopic (exact) mass is 520 g/mol. The van der Waals surface area contributed by atoms with Crippen molar-refractivity contribution >= 4 is 66.2 Å². The van der Waals surface area contributed by atoms with Crippen LogP contribution < -0.4 is 3.71 Å². The van der Waals surface area contributed by atoms with Gasteiger partial charge in [-0.3, -0.25) is 10.1 Å². The minimum atomic E-state index is -4.85. The largest absolute Gasteiger partial charge is 0.289 e. The molecule has 0 fully saturated rings. The summed E-state index contributed by atoms with van der Waals surface area (Å²) in [5.41, 5.74) is -0.945. The zero-order valence-electron chi connectivity index (χ0n) is 15.1. The highest BCUT2D eigenvalue weighted by atomic mass is 35.5. The van der Waals surface area contributed by atoms with Crippen LogP contribution in [-0.4, -0.2) is 21.8 Å². The van der Waals surface area contributed by atoms with Crippen molar-refractivity contribution < 1.29 is 21.8 Å². The number of benzene rings is 3. The smallest absolute Gasteiger partial charge is 0.258 e. The van der Waals surface area contributed by atoms with Gasteiger partial charge in [-0.15, -0.1) is 0 Å². The van der Waals surface area contributed by atoms with Crippen molar-refractivity contribution in [1.82, 2.24) is 0 Å². The van der Waals surface area contributed by atoms with Crippen molar-refractivity contribution in [3.8, 4) is 0 Å². The fourth-order valence-corrected chi connectivity index (χ4v) is 6.71. The van der Waals surface area contributed by atoms with Gasteiger partial charge in [-0.05, 0) is 60.7 Å². The molecule has 0 amide bonds. The Balaban J connectivity index is 2.28. The first kappa shape index (κ1) is 23.3. The maximum absolute atomic E-state index is 13.4. The zero-order chi connectivity index (χ0) is 23.0. The van der Waals surface area contributed by atoms with Crippen LogP contribution in [0.1, 0.15) is 0 Å². The first-order valence-corrected chi connectivity index (χ1v) is 12.2. The first-order valence-electron chi connectivity index (χ1n) is 8.20. The summed E-state index contributed by atoms with van der Waals surface area (Å²) in [5.74, 6) is 0. The van der Waals surface area contributed by atoms with E-state index in [2.05, 4.69) is 0 Å². The van der Waals surface area contributed by atoms with E-state index in [-0.39, 0.29) is 29.4 Å². The van der Waals surface area contributed by atoms with E-state index in [4.69, 9.17) is 34.8 Å². The van der Waals surface area contributed by atoms with E-state index in [1.54, 1.807) is 0 Å². The lowest BCUT2D eigenvalue weighted by molar-refractivity contribution is -0.384. The second kappa shape index (κ2) is 8.64. The molecule has 0 spiro atoms. The van der Waals surface area contributed by atoms with Crippen LogP contribution >= 0.6 is 34.8 Å². The number of sulfonamides is 2. The molecule has 8 nitrogen and oxygen atoms in total. The minimum Gasteiger partial charge on any atom is -0.258 e. The third kappa shape index (κ3) is 4.63. The molecule has 0 saturated heterocycles. The first-order chi connectivity index (χ1) is 14.4. The van der Waals surface area contributed by atoms with Gasteiger partial charge in [0.1, 0.15) is 5.02 Å². The fourth-order valence-electron chi connectivity index (χ4n) is 2.56. The maximum atomic E-state index is 13.4. The Morgan fingerprint density at radius 1 is 0.710 bits per heavy atom. The van der Waals surface area contributed by atoms with Crippen molar-refractivity contribution in [2.45, 2.75) is 9.79 Å². The number of nitro groups is 1. The van der Waals surface area contributed by atoms with Gasteiger partial charge >= 0.3 is 0 Å². The lowest BCUT2D eigenvalue weighted by Crippen LogP contribution is -2.37. The molecule has 0 atom stereocenters. The van der Waals surface area contributed by atoms with Gasteiger partial charge in [-0.1, -0.05) is 34.8 Å². The number of nitro benzene ring substituents is 1. The molecule has 0 unspecified atom stereocenters. The summed E-state index contributed by atoms with van der Waals surface area (Å²) >= 11 is 17.4. The van der Waals surface area contributed by atoms with Crippen LogP contribution in [0.4, 0.5) is 11.4 Å². The number of anilines is 1. The van der Waals surface area contributed by atoms with E-state index >= 15 is 0 Å². The number of halogens is 3. The molecule has 0 radical (unpaired) electrons. The van der Waals surface area contributed by atoms with Crippen LogP contribution in [0, 0.1) is 10.1 Å². The summed E-state index contributed by atoms with van der Waals surface area (Å²) in [6.07, 6.45) is 0. The van der Waals surface area contributed by atoms with E-state index in [9.17, 15) is 26.9 Å². The van der Waals surface area contributed by atoms with E-state index in [1.807, 2.05) is 0 Å². The normalized spacial score (nSPS) is 11.8. The molecule has 13 heteroatoms. The topological polar surface area (TPSA) is 115 Å².